The maximum absolute atomic E-state index is 12.9. The molecular weight excluding hydrogens is 434 g/mol. The molecule has 0 saturated heterocycles. The predicted octanol–water partition coefficient (Wildman–Crippen LogP) is 1.65. The van der Waals surface area contributed by atoms with E-state index in [4.69, 9.17) is 0 Å². The zero-order valence-corrected chi connectivity index (χ0v) is 17.5. The van der Waals surface area contributed by atoms with Gasteiger partial charge in [0.05, 0.1) is 22.1 Å². The summed E-state index contributed by atoms with van der Waals surface area (Å²) in [5.74, 6) is 0. The van der Waals surface area contributed by atoms with Crippen LogP contribution in [0.2, 0.25) is 0 Å². The van der Waals surface area contributed by atoms with Crippen molar-refractivity contribution in [2.24, 2.45) is 14.1 Å². The smallest absolute Gasteiger partial charge is 0.295 e. The van der Waals surface area contributed by atoms with Crippen molar-refractivity contribution in [3.8, 4) is 0 Å². The first kappa shape index (κ1) is 18.5. The Bertz CT molecular complexity index is 1210. The topological polar surface area (TPSA) is 90.9 Å². The van der Waals surface area contributed by atoms with Crippen LogP contribution in [0.5, 0.6) is 0 Å². The van der Waals surface area contributed by atoms with Crippen LogP contribution in [0, 0.1) is 0 Å². The van der Waals surface area contributed by atoms with E-state index in [-0.39, 0.29) is 17.1 Å². The molecule has 0 aliphatic carbocycles. The third-order valence-corrected chi connectivity index (χ3v) is 7.50. The van der Waals surface area contributed by atoms with Gasteiger partial charge in [0, 0.05) is 42.9 Å². The number of rotatable bonds is 4. The van der Waals surface area contributed by atoms with Gasteiger partial charge in [0.2, 0.25) is 10.0 Å². The number of nitrogens with zero attached hydrogens (tertiary/aromatic N) is 4. The molecule has 0 amide bonds. The summed E-state index contributed by atoms with van der Waals surface area (Å²) in [5.41, 5.74) is 3.03. The SMILES string of the molecule is Cn1c(=O)n(C)c2cc(S(=O)(=O)NCc3cnn4c3CCCC4)c(Br)cc21. The van der Waals surface area contributed by atoms with Crippen molar-refractivity contribution in [2.75, 3.05) is 0 Å². The second-order valence-corrected chi connectivity index (χ2v) is 9.38. The molecular formula is C17H20BrN5O3S. The molecule has 8 nitrogen and oxygen atoms in total. The number of benzene rings is 1. The second kappa shape index (κ2) is 6.61. The Balaban J connectivity index is 1.68. The second-order valence-electron chi connectivity index (χ2n) is 6.79. The first-order valence-corrected chi connectivity index (χ1v) is 11.0. The van der Waals surface area contributed by atoms with Crippen LogP contribution in [0.1, 0.15) is 24.1 Å². The van der Waals surface area contributed by atoms with Gasteiger partial charge in [0.1, 0.15) is 0 Å². The van der Waals surface area contributed by atoms with Crippen molar-refractivity contribution in [3.05, 3.63) is 44.5 Å². The summed E-state index contributed by atoms with van der Waals surface area (Å²) in [5, 5.41) is 4.34. The van der Waals surface area contributed by atoms with Crippen molar-refractivity contribution >= 4 is 37.0 Å². The Morgan fingerprint density at radius 3 is 2.63 bits per heavy atom. The Hall–Kier alpha value is -1.91. The first-order valence-electron chi connectivity index (χ1n) is 8.68. The van der Waals surface area contributed by atoms with Gasteiger partial charge in [-0.05, 0) is 47.3 Å². The van der Waals surface area contributed by atoms with Crippen molar-refractivity contribution in [1.29, 1.82) is 0 Å². The Morgan fingerprint density at radius 1 is 1.19 bits per heavy atom. The zero-order valence-electron chi connectivity index (χ0n) is 15.1. The van der Waals surface area contributed by atoms with Gasteiger partial charge in [-0.1, -0.05) is 0 Å². The van der Waals surface area contributed by atoms with Crippen LogP contribution in [0.25, 0.3) is 11.0 Å². The molecule has 1 aliphatic rings. The Kier molecular flexibility index (Phi) is 4.52. The summed E-state index contributed by atoms with van der Waals surface area (Å²) in [4.78, 5) is 12.2. The number of nitrogens with one attached hydrogen (secondary N) is 1. The average molecular weight is 454 g/mol. The van der Waals surface area contributed by atoms with E-state index in [1.165, 1.54) is 15.2 Å². The van der Waals surface area contributed by atoms with Gasteiger partial charge in [-0.2, -0.15) is 5.10 Å². The maximum Gasteiger partial charge on any atom is 0.328 e. The lowest BCUT2D eigenvalue weighted by atomic mass is 10.1. The van der Waals surface area contributed by atoms with Crippen LogP contribution in [0.3, 0.4) is 0 Å². The monoisotopic (exact) mass is 453 g/mol. The third-order valence-electron chi connectivity index (χ3n) is 5.14. The minimum absolute atomic E-state index is 0.109. The van der Waals surface area contributed by atoms with E-state index in [1.54, 1.807) is 26.4 Å². The quantitative estimate of drug-likeness (QED) is 0.649. The highest BCUT2D eigenvalue weighted by Crippen LogP contribution is 2.27. The van der Waals surface area contributed by atoms with Gasteiger partial charge in [-0.25, -0.2) is 17.9 Å². The number of fused-ring (bicyclic) bond motifs is 2. The van der Waals surface area contributed by atoms with Gasteiger partial charge in [-0.3, -0.25) is 13.8 Å². The predicted molar refractivity (Wildman–Crippen MR) is 105 cm³/mol. The van der Waals surface area contributed by atoms with E-state index in [0.29, 0.717) is 15.5 Å². The molecule has 3 heterocycles. The summed E-state index contributed by atoms with van der Waals surface area (Å²) in [7, 11) is -0.478. The number of halogens is 1. The molecule has 0 unspecified atom stereocenters. The van der Waals surface area contributed by atoms with Crippen molar-refractivity contribution in [2.45, 2.75) is 37.2 Å². The molecule has 1 aromatic carbocycles. The van der Waals surface area contributed by atoms with Gasteiger partial charge < -0.3 is 0 Å². The molecule has 0 atom stereocenters. The fourth-order valence-corrected chi connectivity index (χ4v) is 5.64. The molecule has 1 aliphatic heterocycles. The molecule has 2 aromatic heterocycles. The van der Waals surface area contributed by atoms with E-state index in [1.807, 2.05) is 4.68 Å². The molecule has 3 aromatic rings. The van der Waals surface area contributed by atoms with Crippen LogP contribution >= 0.6 is 15.9 Å². The molecule has 0 fully saturated rings. The minimum atomic E-state index is -3.76. The molecule has 0 saturated carbocycles. The maximum atomic E-state index is 12.9. The van der Waals surface area contributed by atoms with Crippen LogP contribution in [-0.2, 0) is 43.6 Å². The molecule has 0 radical (unpaired) electrons. The molecule has 0 bridgehead atoms. The summed E-state index contributed by atoms with van der Waals surface area (Å²) in [6, 6.07) is 3.18. The highest BCUT2D eigenvalue weighted by Gasteiger charge is 2.22. The van der Waals surface area contributed by atoms with Crippen molar-refractivity contribution in [1.82, 2.24) is 23.6 Å². The van der Waals surface area contributed by atoms with E-state index >= 15 is 0 Å². The van der Waals surface area contributed by atoms with E-state index < -0.39 is 10.0 Å². The number of aryl methyl sites for hydroxylation is 3. The fourth-order valence-electron chi connectivity index (χ4n) is 3.59. The van der Waals surface area contributed by atoms with E-state index in [0.717, 1.165) is 37.1 Å². The molecule has 4 rings (SSSR count). The molecule has 1 N–H and O–H groups in total. The fraction of sp³-hybridized carbons (Fsp3) is 0.412. The normalized spacial score (nSPS) is 14.6. The zero-order chi connectivity index (χ0) is 19.3. The van der Waals surface area contributed by atoms with Crippen molar-refractivity contribution in [3.63, 3.8) is 0 Å². The number of hydrogen-bond donors (Lipinski definition) is 1. The van der Waals surface area contributed by atoms with Gasteiger partial charge in [0.25, 0.3) is 0 Å². The van der Waals surface area contributed by atoms with Crippen LogP contribution in [0.15, 0.2) is 32.5 Å². The standard InChI is InChI=1S/C17H20BrN5O3S/c1-21-14-7-12(18)16(8-15(14)22(2)17(21)24)27(25,26)20-10-11-9-19-23-6-4-3-5-13(11)23/h7-9,20H,3-6,10H2,1-2H3. The highest BCUT2D eigenvalue weighted by molar-refractivity contribution is 9.10. The minimum Gasteiger partial charge on any atom is -0.295 e. The van der Waals surface area contributed by atoms with Crippen LogP contribution in [0.4, 0.5) is 0 Å². The summed E-state index contributed by atoms with van der Waals surface area (Å²) in [6.45, 7) is 1.07. The molecule has 10 heteroatoms. The van der Waals surface area contributed by atoms with Crippen LogP contribution < -0.4 is 10.4 Å². The lowest BCUT2D eigenvalue weighted by Gasteiger charge is -2.15. The lowest BCUT2D eigenvalue weighted by Crippen LogP contribution is -2.24. The number of aromatic nitrogens is 4. The first-order chi connectivity index (χ1) is 12.8. The number of hydrogen-bond acceptors (Lipinski definition) is 4. The van der Waals surface area contributed by atoms with Gasteiger partial charge >= 0.3 is 5.69 Å². The van der Waals surface area contributed by atoms with Crippen LogP contribution in [-0.4, -0.2) is 27.3 Å². The molecule has 27 heavy (non-hydrogen) atoms. The average Bonchev–Trinajstić information content (AvgIpc) is 3.15. The number of sulfonamides is 1. The largest absolute Gasteiger partial charge is 0.328 e. The van der Waals surface area contributed by atoms with Gasteiger partial charge in [0.15, 0.2) is 0 Å². The molecule has 0 spiro atoms. The van der Waals surface area contributed by atoms with Gasteiger partial charge in [-0.15, -0.1) is 0 Å². The van der Waals surface area contributed by atoms with Crippen molar-refractivity contribution < 1.29 is 8.42 Å². The number of imidazole rings is 1. The summed E-state index contributed by atoms with van der Waals surface area (Å²) >= 11 is 3.34. The highest BCUT2D eigenvalue weighted by atomic mass is 79.9. The third kappa shape index (κ3) is 3.05. The molecule has 144 valence electrons. The van der Waals surface area contributed by atoms with E-state index in [9.17, 15) is 13.2 Å². The Labute approximate surface area is 165 Å². The summed E-state index contributed by atoms with van der Waals surface area (Å²) in [6.07, 6.45) is 4.85. The summed E-state index contributed by atoms with van der Waals surface area (Å²) < 4.78 is 33.8. The Morgan fingerprint density at radius 2 is 1.89 bits per heavy atom. The lowest BCUT2D eigenvalue weighted by molar-refractivity contribution is 0.484. The van der Waals surface area contributed by atoms with E-state index in [2.05, 4.69) is 25.8 Å².